The lowest BCUT2D eigenvalue weighted by molar-refractivity contribution is -0.384. The second kappa shape index (κ2) is 7.11. The Bertz CT molecular complexity index is 494. The highest BCUT2D eigenvalue weighted by atomic mass is 19.4. The molecule has 0 aromatic heterocycles. The maximum atomic E-state index is 12.2. The van der Waals surface area contributed by atoms with Crippen LogP contribution in [0.5, 0.6) is 0 Å². The van der Waals surface area contributed by atoms with Crippen LogP contribution in [0.2, 0.25) is 0 Å². The van der Waals surface area contributed by atoms with Crippen LogP contribution in [0.1, 0.15) is 13.3 Å². The quantitative estimate of drug-likeness (QED) is 0.532. The molecule has 0 spiro atoms. The number of rotatable bonds is 7. The van der Waals surface area contributed by atoms with E-state index in [-0.39, 0.29) is 11.4 Å². The molecule has 0 radical (unpaired) electrons. The molecular weight excluding hydrogens is 291 g/mol. The molecule has 1 rings (SSSR count). The van der Waals surface area contributed by atoms with Crippen LogP contribution in [0.25, 0.3) is 0 Å². The van der Waals surface area contributed by atoms with Crippen LogP contribution in [0, 0.1) is 10.1 Å². The van der Waals surface area contributed by atoms with E-state index < -0.39 is 23.7 Å². The van der Waals surface area contributed by atoms with Crippen molar-refractivity contribution in [1.29, 1.82) is 0 Å². The molecule has 0 fully saturated rings. The summed E-state index contributed by atoms with van der Waals surface area (Å²) in [5.74, 6) is 0. The van der Waals surface area contributed by atoms with Gasteiger partial charge in [-0.15, -0.1) is 0 Å². The molecule has 0 amide bonds. The third-order valence-electron chi connectivity index (χ3n) is 2.59. The van der Waals surface area contributed by atoms with Crippen molar-refractivity contribution < 1.29 is 23.2 Å². The lowest BCUT2D eigenvalue weighted by atomic mass is 10.2. The number of halogens is 3. The topological polar surface area (TPSA) is 87.4 Å². The number of nitro benzene ring substituents is 1. The van der Waals surface area contributed by atoms with Crippen LogP contribution in [0.4, 0.5) is 30.2 Å². The third kappa shape index (κ3) is 5.46. The molecule has 0 aliphatic heterocycles. The lowest BCUT2D eigenvalue weighted by Gasteiger charge is -2.16. The molecule has 0 heterocycles. The highest BCUT2D eigenvalue weighted by molar-refractivity contribution is 5.63. The summed E-state index contributed by atoms with van der Waals surface area (Å²) < 4.78 is 36.6. The molecule has 21 heavy (non-hydrogen) atoms. The Hall–Kier alpha value is -2.03. The van der Waals surface area contributed by atoms with Crippen molar-refractivity contribution in [3.63, 3.8) is 0 Å². The van der Waals surface area contributed by atoms with Crippen molar-refractivity contribution in [2.75, 3.05) is 23.7 Å². The Morgan fingerprint density at radius 2 is 1.86 bits per heavy atom. The average Bonchev–Trinajstić information content (AvgIpc) is 2.41. The predicted molar refractivity (Wildman–Crippen MR) is 72.4 cm³/mol. The van der Waals surface area contributed by atoms with E-state index in [1.807, 2.05) is 6.92 Å². The zero-order valence-corrected chi connectivity index (χ0v) is 11.3. The molecule has 0 bridgehead atoms. The van der Waals surface area contributed by atoms with Crippen LogP contribution >= 0.6 is 0 Å². The first-order valence-electron chi connectivity index (χ1n) is 6.26. The molecule has 6 nitrogen and oxygen atoms in total. The molecule has 1 atom stereocenters. The normalized spacial score (nSPS) is 12.8. The first kappa shape index (κ1) is 17.0. The molecule has 0 saturated carbocycles. The molecule has 0 aliphatic rings. The molecule has 0 saturated heterocycles. The van der Waals surface area contributed by atoms with Crippen molar-refractivity contribution in [1.82, 2.24) is 0 Å². The lowest BCUT2D eigenvalue weighted by Crippen LogP contribution is -2.35. The average molecular weight is 307 g/mol. The van der Waals surface area contributed by atoms with Crippen LogP contribution in [0.3, 0.4) is 0 Å². The number of aliphatic hydroxyl groups excluding tert-OH is 1. The Labute approximate surface area is 119 Å². The zero-order chi connectivity index (χ0) is 16.0. The maximum absolute atomic E-state index is 12.2. The maximum Gasteiger partial charge on any atom is 0.416 e. The van der Waals surface area contributed by atoms with E-state index >= 15 is 0 Å². The van der Waals surface area contributed by atoms with Gasteiger partial charge in [-0.1, -0.05) is 6.92 Å². The van der Waals surface area contributed by atoms with E-state index in [1.54, 1.807) is 0 Å². The van der Waals surface area contributed by atoms with Gasteiger partial charge in [-0.2, -0.15) is 13.2 Å². The molecule has 1 aromatic rings. The third-order valence-corrected chi connectivity index (χ3v) is 2.59. The van der Waals surface area contributed by atoms with Crippen LogP contribution < -0.4 is 10.6 Å². The van der Waals surface area contributed by atoms with E-state index in [9.17, 15) is 23.3 Å². The van der Waals surface area contributed by atoms with Gasteiger partial charge in [0.1, 0.15) is 0 Å². The smallest absolute Gasteiger partial charge is 0.385 e. The molecule has 118 valence electrons. The predicted octanol–water partition coefficient (Wildman–Crippen LogP) is 2.75. The SMILES string of the molecule is CCCNc1cc(NCC(O)C(F)(F)F)cc([N+](=O)[O-])c1. The van der Waals surface area contributed by atoms with Crippen LogP contribution in [-0.2, 0) is 0 Å². The minimum atomic E-state index is -4.74. The van der Waals surface area contributed by atoms with Gasteiger partial charge in [-0.05, 0) is 12.5 Å². The number of anilines is 2. The van der Waals surface area contributed by atoms with E-state index in [0.717, 1.165) is 12.5 Å². The van der Waals surface area contributed by atoms with Gasteiger partial charge in [-0.25, -0.2) is 0 Å². The zero-order valence-electron chi connectivity index (χ0n) is 11.3. The number of non-ortho nitro benzene ring substituents is 1. The summed E-state index contributed by atoms with van der Waals surface area (Å²) in [6, 6.07) is 3.85. The van der Waals surface area contributed by atoms with Crippen molar-refractivity contribution in [2.45, 2.75) is 25.6 Å². The molecular formula is C12H16F3N3O3. The number of hydrogen-bond acceptors (Lipinski definition) is 5. The van der Waals surface area contributed by atoms with E-state index in [1.165, 1.54) is 12.1 Å². The Kier molecular flexibility index (Phi) is 5.77. The Balaban J connectivity index is 2.85. The van der Waals surface area contributed by atoms with Gasteiger partial charge < -0.3 is 15.7 Å². The summed E-state index contributed by atoms with van der Waals surface area (Å²) in [7, 11) is 0. The monoisotopic (exact) mass is 307 g/mol. The number of nitrogens with zero attached hydrogens (tertiary/aromatic N) is 1. The highest BCUT2D eigenvalue weighted by Gasteiger charge is 2.37. The Morgan fingerprint density at radius 3 is 2.33 bits per heavy atom. The van der Waals surface area contributed by atoms with E-state index in [4.69, 9.17) is 5.11 Å². The fraction of sp³-hybridized carbons (Fsp3) is 0.500. The number of alkyl halides is 3. The fourth-order valence-electron chi connectivity index (χ4n) is 1.52. The summed E-state index contributed by atoms with van der Waals surface area (Å²) in [4.78, 5) is 10.2. The number of benzene rings is 1. The van der Waals surface area contributed by atoms with Crippen molar-refractivity contribution in [3.05, 3.63) is 28.3 Å². The van der Waals surface area contributed by atoms with Crippen molar-refractivity contribution in [3.8, 4) is 0 Å². The first-order valence-corrected chi connectivity index (χ1v) is 6.26. The number of hydrogen-bond donors (Lipinski definition) is 3. The van der Waals surface area contributed by atoms with Gasteiger partial charge in [0, 0.05) is 36.6 Å². The van der Waals surface area contributed by atoms with Gasteiger partial charge in [0.15, 0.2) is 6.10 Å². The Morgan fingerprint density at radius 1 is 1.29 bits per heavy atom. The number of aliphatic hydroxyl groups is 1. The molecule has 9 heteroatoms. The largest absolute Gasteiger partial charge is 0.416 e. The number of nitro groups is 1. The summed E-state index contributed by atoms with van der Waals surface area (Å²) in [5.41, 5.74) is 0.307. The number of nitrogens with one attached hydrogen (secondary N) is 2. The van der Waals surface area contributed by atoms with Gasteiger partial charge >= 0.3 is 6.18 Å². The second-order valence-electron chi connectivity index (χ2n) is 4.39. The summed E-state index contributed by atoms with van der Waals surface area (Å²) in [6.07, 6.45) is -6.49. The van der Waals surface area contributed by atoms with Gasteiger partial charge in [0.2, 0.25) is 0 Å². The fourth-order valence-corrected chi connectivity index (χ4v) is 1.52. The van der Waals surface area contributed by atoms with Crippen LogP contribution in [0.15, 0.2) is 18.2 Å². The van der Waals surface area contributed by atoms with Crippen molar-refractivity contribution in [2.24, 2.45) is 0 Å². The minimum Gasteiger partial charge on any atom is -0.385 e. The summed E-state index contributed by atoms with van der Waals surface area (Å²) in [5, 5.41) is 25.0. The minimum absolute atomic E-state index is 0.131. The second-order valence-corrected chi connectivity index (χ2v) is 4.39. The van der Waals surface area contributed by atoms with E-state index in [2.05, 4.69) is 10.6 Å². The standard InChI is InChI=1S/C12H16F3N3O3/c1-2-3-16-8-4-9(6-10(5-8)18(20)21)17-7-11(19)12(13,14)15/h4-6,11,16-17,19H,2-3,7H2,1H3. The van der Waals surface area contributed by atoms with E-state index in [0.29, 0.717) is 12.2 Å². The first-order chi connectivity index (χ1) is 9.74. The van der Waals surface area contributed by atoms with Crippen LogP contribution in [-0.4, -0.2) is 35.4 Å². The van der Waals surface area contributed by atoms with Gasteiger partial charge in [0.05, 0.1) is 4.92 Å². The summed E-state index contributed by atoms with van der Waals surface area (Å²) >= 11 is 0. The summed E-state index contributed by atoms with van der Waals surface area (Å²) in [6.45, 7) is 1.70. The van der Waals surface area contributed by atoms with Crippen molar-refractivity contribution >= 4 is 17.1 Å². The molecule has 1 aromatic carbocycles. The molecule has 0 aliphatic carbocycles. The molecule has 3 N–H and O–H groups in total. The van der Waals surface area contributed by atoms with Gasteiger partial charge in [0.25, 0.3) is 5.69 Å². The highest BCUT2D eigenvalue weighted by Crippen LogP contribution is 2.25. The van der Waals surface area contributed by atoms with Gasteiger partial charge in [-0.3, -0.25) is 10.1 Å². The molecule has 1 unspecified atom stereocenters.